The van der Waals surface area contributed by atoms with E-state index in [1.165, 1.54) is 12.8 Å². The van der Waals surface area contributed by atoms with E-state index in [-0.39, 0.29) is 5.75 Å². The van der Waals surface area contributed by atoms with Crippen LogP contribution in [0.4, 0.5) is 0 Å². The molecule has 0 unspecified atom stereocenters. The van der Waals surface area contributed by atoms with Gasteiger partial charge in [-0.1, -0.05) is 0 Å². The van der Waals surface area contributed by atoms with Gasteiger partial charge in [0.1, 0.15) is 0 Å². The van der Waals surface area contributed by atoms with E-state index < -0.39 is 0 Å². The molecule has 1 rings (SSSR count). The quantitative estimate of drug-likeness (QED) is 0.370. The van der Waals surface area contributed by atoms with Crippen molar-refractivity contribution in [2.75, 3.05) is 13.2 Å². The van der Waals surface area contributed by atoms with Crippen LogP contribution in [0.3, 0.4) is 0 Å². The van der Waals surface area contributed by atoms with E-state index in [1.54, 1.807) is 0 Å². The number of ether oxygens (including phenoxy) is 1. The molecule has 0 saturated carbocycles. The molecule has 0 aromatic heterocycles. The average molecular weight is 137 g/mol. The molecule has 0 amide bonds. The van der Waals surface area contributed by atoms with Crippen LogP contribution in [0, 0.1) is 0 Å². The summed E-state index contributed by atoms with van der Waals surface area (Å²) >= 11 is 4.32. The first-order chi connectivity index (χ1) is 3.91. The van der Waals surface area contributed by atoms with Crippen molar-refractivity contribution in [3.05, 3.63) is 0 Å². The lowest BCUT2D eigenvalue weighted by molar-refractivity contribution is 0.198. The van der Waals surface area contributed by atoms with Crippen molar-refractivity contribution < 1.29 is 9.53 Å². The Morgan fingerprint density at radius 2 is 1.75 bits per heavy atom. The van der Waals surface area contributed by atoms with Crippen LogP contribution in [-0.4, -0.2) is 19.0 Å². The highest BCUT2D eigenvalue weighted by atomic mass is 35.5. The van der Waals surface area contributed by atoms with Gasteiger partial charge in [0, 0.05) is 13.2 Å². The summed E-state index contributed by atoms with van der Waals surface area (Å²) in [5.74, 6) is 0.222. The minimum Gasteiger partial charge on any atom is -0.381 e. The largest absolute Gasteiger partial charge is 0.381 e. The van der Waals surface area contributed by atoms with Gasteiger partial charge in [-0.25, -0.2) is 0 Å². The molecule has 0 aromatic carbocycles. The van der Waals surface area contributed by atoms with Gasteiger partial charge in [-0.3, -0.25) is 4.79 Å². The number of halogens is 1. The maximum atomic E-state index is 8.57. The summed E-state index contributed by atoms with van der Waals surface area (Å²) in [5.41, 5.74) is 0. The molecular formula is C5H9ClO2. The van der Waals surface area contributed by atoms with Gasteiger partial charge >= 0.3 is 0 Å². The highest BCUT2D eigenvalue weighted by Crippen LogP contribution is 1.98. The summed E-state index contributed by atoms with van der Waals surface area (Å²) in [6.07, 6.45) is 2.56. The van der Waals surface area contributed by atoms with Crippen LogP contribution in [-0.2, 0) is 9.53 Å². The molecule has 0 radical (unpaired) electrons. The number of hydrogen-bond acceptors (Lipinski definition) is 2. The van der Waals surface area contributed by atoms with Gasteiger partial charge in [0.05, 0.1) is 0 Å². The summed E-state index contributed by atoms with van der Waals surface area (Å²) in [5, 5.41) is 0. The Hall–Kier alpha value is -0.0800. The Balaban J connectivity index is 0.000000145. The van der Waals surface area contributed by atoms with E-state index in [2.05, 4.69) is 11.6 Å². The highest BCUT2D eigenvalue weighted by molar-refractivity contribution is 6.54. The first-order valence-electron chi connectivity index (χ1n) is 2.53. The summed E-state index contributed by atoms with van der Waals surface area (Å²) in [6, 6.07) is 0. The van der Waals surface area contributed by atoms with E-state index in [0.29, 0.717) is 0 Å². The Morgan fingerprint density at radius 1 is 1.38 bits per heavy atom. The van der Waals surface area contributed by atoms with Crippen molar-refractivity contribution in [1.82, 2.24) is 0 Å². The van der Waals surface area contributed by atoms with Gasteiger partial charge in [-0.05, 0) is 24.4 Å². The molecule has 0 N–H and O–H groups in total. The van der Waals surface area contributed by atoms with Crippen molar-refractivity contribution in [2.24, 2.45) is 0 Å². The lowest BCUT2D eigenvalue weighted by Crippen LogP contribution is -1.74. The fourth-order valence-electron chi connectivity index (χ4n) is 0.510. The first-order valence-corrected chi connectivity index (χ1v) is 2.97. The molecule has 3 heteroatoms. The third-order valence-electron chi connectivity index (χ3n) is 0.827. The normalized spacial score (nSPS) is 16.6. The number of rotatable bonds is 0. The fourth-order valence-corrected chi connectivity index (χ4v) is 0.510. The van der Waals surface area contributed by atoms with Gasteiger partial charge in [0.15, 0.2) is 0 Å². The van der Waals surface area contributed by atoms with E-state index in [0.717, 1.165) is 13.2 Å². The summed E-state index contributed by atoms with van der Waals surface area (Å²) in [4.78, 5) is 8.57. The summed E-state index contributed by atoms with van der Waals surface area (Å²) < 4.78 is 4.94. The van der Waals surface area contributed by atoms with Gasteiger partial charge in [-0.15, -0.1) is 0 Å². The molecule has 1 aliphatic heterocycles. The molecule has 0 aliphatic carbocycles. The Morgan fingerprint density at radius 3 is 1.88 bits per heavy atom. The lowest BCUT2D eigenvalue weighted by atomic mass is 10.4. The van der Waals surface area contributed by atoms with E-state index in [1.807, 2.05) is 0 Å². The minimum absolute atomic E-state index is 0.222. The standard InChI is InChI=1S/C4H8O.CHClO/c1-2-4-5-3-1;2-1-3/h1-4H2;1H. The third-order valence-corrected chi connectivity index (χ3v) is 0.827. The molecule has 2 nitrogen and oxygen atoms in total. The predicted molar refractivity (Wildman–Crippen MR) is 32.7 cm³/mol. The van der Waals surface area contributed by atoms with Crippen LogP contribution in [0.5, 0.6) is 0 Å². The second kappa shape index (κ2) is 6.92. The second-order valence-electron chi connectivity index (χ2n) is 1.41. The SMILES string of the molecule is C1CCOC1.O=CCl. The van der Waals surface area contributed by atoms with Crippen LogP contribution in [0.25, 0.3) is 0 Å². The number of carbonyl (C=O) groups excluding carboxylic acids is 1. The van der Waals surface area contributed by atoms with Crippen molar-refractivity contribution in [3.63, 3.8) is 0 Å². The second-order valence-corrected chi connectivity index (χ2v) is 1.59. The monoisotopic (exact) mass is 136 g/mol. The molecule has 1 heterocycles. The summed E-state index contributed by atoms with van der Waals surface area (Å²) in [6.45, 7) is 2.00. The van der Waals surface area contributed by atoms with Gasteiger partial charge in [0.25, 0.3) is 0 Å². The Kier molecular flexibility index (Phi) is 6.85. The number of carbonyl (C=O) groups is 1. The van der Waals surface area contributed by atoms with Crippen LogP contribution in [0.15, 0.2) is 0 Å². The van der Waals surface area contributed by atoms with E-state index in [9.17, 15) is 0 Å². The van der Waals surface area contributed by atoms with E-state index >= 15 is 0 Å². The molecule has 0 aromatic rings. The van der Waals surface area contributed by atoms with Crippen molar-refractivity contribution >= 4 is 17.3 Å². The van der Waals surface area contributed by atoms with Crippen LogP contribution in [0.1, 0.15) is 12.8 Å². The molecule has 8 heavy (non-hydrogen) atoms. The maximum Gasteiger partial charge on any atom is 0.208 e. The van der Waals surface area contributed by atoms with Crippen molar-refractivity contribution in [1.29, 1.82) is 0 Å². The van der Waals surface area contributed by atoms with Crippen LogP contribution in [0.2, 0.25) is 0 Å². The maximum absolute atomic E-state index is 8.57. The minimum atomic E-state index is 0.222. The van der Waals surface area contributed by atoms with Crippen molar-refractivity contribution in [2.45, 2.75) is 12.8 Å². The van der Waals surface area contributed by atoms with Crippen LogP contribution < -0.4 is 0 Å². The fraction of sp³-hybridized carbons (Fsp3) is 0.800. The molecule has 0 bridgehead atoms. The predicted octanol–water partition coefficient (Wildman–Crippen LogP) is 1.21. The van der Waals surface area contributed by atoms with Gasteiger partial charge < -0.3 is 4.74 Å². The van der Waals surface area contributed by atoms with Crippen LogP contribution >= 0.6 is 11.6 Å². The smallest absolute Gasteiger partial charge is 0.208 e. The highest BCUT2D eigenvalue weighted by Gasteiger charge is 1.94. The zero-order valence-corrected chi connectivity index (χ0v) is 5.36. The topological polar surface area (TPSA) is 26.3 Å². The Bertz CT molecular complexity index is 44.8. The molecule has 1 aliphatic rings. The van der Waals surface area contributed by atoms with E-state index in [4.69, 9.17) is 9.53 Å². The Labute approximate surface area is 53.8 Å². The van der Waals surface area contributed by atoms with Crippen molar-refractivity contribution in [3.8, 4) is 0 Å². The zero-order chi connectivity index (χ0) is 6.24. The third kappa shape index (κ3) is 5.92. The van der Waals surface area contributed by atoms with Gasteiger partial charge in [-0.2, -0.15) is 0 Å². The first kappa shape index (κ1) is 7.92. The summed E-state index contributed by atoms with van der Waals surface area (Å²) in [7, 11) is 0. The lowest BCUT2D eigenvalue weighted by Gasteiger charge is -1.76. The molecule has 0 atom stereocenters. The average Bonchev–Trinajstić information content (AvgIpc) is 2.17. The molecule has 1 saturated heterocycles. The van der Waals surface area contributed by atoms with Gasteiger partial charge in [0.2, 0.25) is 5.75 Å². The molecule has 0 spiro atoms. The molecule has 1 fully saturated rings. The number of hydrogen-bond donors (Lipinski definition) is 0. The zero-order valence-electron chi connectivity index (χ0n) is 4.60. The molecule has 48 valence electrons. The molecular weight excluding hydrogens is 128 g/mol.